The molecule has 0 aromatic heterocycles. The zero-order chi connectivity index (χ0) is 13.0. The summed E-state index contributed by atoms with van der Waals surface area (Å²) in [5, 5.41) is 2.91. The molecule has 5 nitrogen and oxygen atoms in total. The number of nitrogens with one attached hydrogen (secondary N) is 1. The third-order valence-electron chi connectivity index (χ3n) is 3.31. The summed E-state index contributed by atoms with van der Waals surface area (Å²) in [5.74, 6) is -0.476. The summed E-state index contributed by atoms with van der Waals surface area (Å²) < 4.78 is 0. The number of carbonyl (C=O) groups excluding carboxylic acids is 1. The summed E-state index contributed by atoms with van der Waals surface area (Å²) in [4.78, 5) is 16.5. The predicted molar refractivity (Wildman–Crippen MR) is 72.9 cm³/mol. The van der Waals surface area contributed by atoms with Gasteiger partial charge in [-0.05, 0) is 21.0 Å². The van der Waals surface area contributed by atoms with E-state index in [2.05, 4.69) is 29.2 Å². The molecule has 0 aromatic carbocycles. The van der Waals surface area contributed by atoms with Gasteiger partial charge in [0.25, 0.3) is 0 Å². The van der Waals surface area contributed by atoms with Crippen molar-refractivity contribution in [2.24, 2.45) is 11.7 Å². The summed E-state index contributed by atoms with van der Waals surface area (Å²) in [6.07, 6.45) is 0. The molecule has 0 aromatic rings. The average Bonchev–Trinajstić information content (AvgIpc) is 2.28. The lowest BCUT2D eigenvalue weighted by Crippen LogP contribution is -2.55. The first kappa shape index (κ1) is 14.3. The maximum atomic E-state index is 11.7. The summed E-state index contributed by atoms with van der Waals surface area (Å²) in [6, 6.07) is 0.358. The maximum Gasteiger partial charge on any atom is 0.229 e. The summed E-state index contributed by atoms with van der Waals surface area (Å²) in [5.41, 5.74) is 5.45. The lowest BCUT2D eigenvalue weighted by atomic mass is 10.1. The maximum absolute atomic E-state index is 11.7. The molecule has 2 atom stereocenters. The number of amides is 1. The molecule has 0 saturated carbocycles. The first-order valence-corrected chi connectivity index (χ1v) is 6.28. The lowest BCUT2D eigenvalue weighted by Gasteiger charge is -2.37. The Kier molecular flexibility index (Phi) is 5.30. The molecule has 3 N–H and O–H groups in total. The minimum Gasteiger partial charge on any atom is -0.393 e. The Labute approximate surface area is 108 Å². The van der Waals surface area contributed by atoms with Crippen LogP contribution in [-0.4, -0.2) is 67.0 Å². The smallest absolute Gasteiger partial charge is 0.229 e. The van der Waals surface area contributed by atoms with E-state index in [1.54, 1.807) is 6.92 Å². The lowest BCUT2D eigenvalue weighted by molar-refractivity contribution is -0.122. The Hall–Kier alpha value is -0.720. The SMILES string of the molecule is CC(C(=O)NCC1CN(C)CCN1C)C(N)=S. The monoisotopic (exact) mass is 258 g/mol. The van der Waals surface area contributed by atoms with Crippen molar-refractivity contribution >= 4 is 23.1 Å². The van der Waals surface area contributed by atoms with E-state index in [0.29, 0.717) is 12.6 Å². The Bertz CT molecular complexity index is 297. The van der Waals surface area contributed by atoms with Crippen LogP contribution in [0.15, 0.2) is 0 Å². The number of nitrogens with zero attached hydrogens (tertiary/aromatic N) is 2. The Balaban J connectivity index is 2.39. The average molecular weight is 258 g/mol. The molecule has 17 heavy (non-hydrogen) atoms. The van der Waals surface area contributed by atoms with Crippen molar-refractivity contribution in [1.82, 2.24) is 15.1 Å². The Morgan fingerprint density at radius 3 is 2.76 bits per heavy atom. The Morgan fingerprint density at radius 2 is 2.18 bits per heavy atom. The van der Waals surface area contributed by atoms with Crippen molar-refractivity contribution in [3.05, 3.63) is 0 Å². The van der Waals surface area contributed by atoms with Gasteiger partial charge in [-0.15, -0.1) is 0 Å². The standard InChI is InChI=1S/C11H22N4OS/c1-8(10(12)17)11(16)13-6-9-7-14(2)4-5-15(9)3/h8-9H,4-7H2,1-3H3,(H2,12,17)(H,13,16). The van der Waals surface area contributed by atoms with E-state index in [-0.39, 0.29) is 10.9 Å². The second kappa shape index (κ2) is 6.28. The minimum atomic E-state index is -0.392. The van der Waals surface area contributed by atoms with Crippen LogP contribution >= 0.6 is 12.2 Å². The van der Waals surface area contributed by atoms with Crippen molar-refractivity contribution in [3.8, 4) is 0 Å². The molecule has 1 heterocycles. The predicted octanol–water partition coefficient (Wildman–Crippen LogP) is -0.729. The van der Waals surface area contributed by atoms with Gasteiger partial charge in [0.05, 0.1) is 10.9 Å². The molecule has 1 saturated heterocycles. The van der Waals surface area contributed by atoms with Gasteiger partial charge in [-0.1, -0.05) is 12.2 Å². The topological polar surface area (TPSA) is 61.6 Å². The van der Waals surface area contributed by atoms with Crippen molar-refractivity contribution < 1.29 is 4.79 Å². The molecular weight excluding hydrogens is 236 g/mol. The van der Waals surface area contributed by atoms with E-state index < -0.39 is 5.92 Å². The van der Waals surface area contributed by atoms with E-state index in [0.717, 1.165) is 19.6 Å². The zero-order valence-electron chi connectivity index (χ0n) is 10.8. The van der Waals surface area contributed by atoms with Crippen LogP contribution in [0.5, 0.6) is 0 Å². The molecule has 0 spiro atoms. The molecule has 1 fully saturated rings. The molecule has 0 aliphatic carbocycles. The quantitative estimate of drug-likeness (QED) is 0.651. The van der Waals surface area contributed by atoms with Crippen molar-refractivity contribution in [3.63, 3.8) is 0 Å². The highest BCUT2D eigenvalue weighted by Gasteiger charge is 2.23. The second-order valence-electron chi connectivity index (χ2n) is 4.77. The van der Waals surface area contributed by atoms with Gasteiger partial charge >= 0.3 is 0 Å². The van der Waals surface area contributed by atoms with Crippen LogP contribution < -0.4 is 11.1 Å². The van der Waals surface area contributed by atoms with Crippen LogP contribution in [-0.2, 0) is 4.79 Å². The number of hydrogen-bond donors (Lipinski definition) is 2. The minimum absolute atomic E-state index is 0.0841. The number of rotatable bonds is 4. The van der Waals surface area contributed by atoms with Crippen molar-refractivity contribution in [2.75, 3.05) is 40.3 Å². The number of nitrogens with two attached hydrogens (primary N) is 1. The van der Waals surface area contributed by atoms with Crippen LogP contribution in [0.2, 0.25) is 0 Å². The number of piperazine rings is 1. The van der Waals surface area contributed by atoms with E-state index in [1.807, 2.05) is 0 Å². The first-order chi connectivity index (χ1) is 7.91. The van der Waals surface area contributed by atoms with Gasteiger partial charge in [0.15, 0.2) is 0 Å². The van der Waals surface area contributed by atoms with E-state index in [4.69, 9.17) is 18.0 Å². The van der Waals surface area contributed by atoms with Crippen molar-refractivity contribution in [2.45, 2.75) is 13.0 Å². The molecule has 1 aliphatic heterocycles. The van der Waals surface area contributed by atoms with E-state index >= 15 is 0 Å². The first-order valence-electron chi connectivity index (χ1n) is 5.87. The normalized spacial score (nSPS) is 24.3. The van der Waals surface area contributed by atoms with Crippen LogP contribution in [0, 0.1) is 5.92 Å². The van der Waals surface area contributed by atoms with Gasteiger partial charge in [-0.25, -0.2) is 0 Å². The molecule has 1 amide bonds. The highest BCUT2D eigenvalue weighted by atomic mass is 32.1. The fourth-order valence-corrected chi connectivity index (χ4v) is 1.93. The summed E-state index contributed by atoms with van der Waals surface area (Å²) >= 11 is 4.81. The second-order valence-corrected chi connectivity index (χ2v) is 5.24. The summed E-state index contributed by atoms with van der Waals surface area (Å²) in [7, 11) is 4.18. The highest BCUT2D eigenvalue weighted by Crippen LogP contribution is 2.05. The third kappa shape index (κ3) is 4.22. The molecular formula is C11H22N4OS. The molecule has 2 unspecified atom stereocenters. The van der Waals surface area contributed by atoms with Gasteiger partial charge in [-0.2, -0.15) is 0 Å². The number of hydrogen-bond acceptors (Lipinski definition) is 4. The van der Waals surface area contributed by atoms with Gasteiger partial charge in [0.2, 0.25) is 5.91 Å². The van der Waals surface area contributed by atoms with E-state index in [9.17, 15) is 4.79 Å². The molecule has 6 heteroatoms. The molecule has 1 aliphatic rings. The van der Waals surface area contributed by atoms with Crippen molar-refractivity contribution in [1.29, 1.82) is 0 Å². The van der Waals surface area contributed by atoms with Crippen LogP contribution in [0.25, 0.3) is 0 Å². The van der Waals surface area contributed by atoms with Gasteiger partial charge < -0.3 is 16.0 Å². The summed E-state index contributed by atoms with van der Waals surface area (Å²) in [6.45, 7) is 5.45. The van der Waals surface area contributed by atoms with Crippen LogP contribution in [0.4, 0.5) is 0 Å². The van der Waals surface area contributed by atoms with Gasteiger partial charge in [0.1, 0.15) is 0 Å². The largest absolute Gasteiger partial charge is 0.393 e. The van der Waals surface area contributed by atoms with E-state index in [1.165, 1.54) is 0 Å². The van der Waals surface area contributed by atoms with Gasteiger partial charge in [0, 0.05) is 32.2 Å². The molecule has 1 rings (SSSR count). The fraction of sp³-hybridized carbons (Fsp3) is 0.818. The molecule has 0 radical (unpaired) electrons. The fourth-order valence-electron chi connectivity index (χ4n) is 1.82. The van der Waals surface area contributed by atoms with Crippen LogP contribution in [0.3, 0.4) is 0 Å². The number of carbonyl (C=O) groups is 1. The molecule has 0 bridgehead atoms. The number of thiocarbonyl (C=S) groups is 1. The highest BCUT2D eigenvalue weighted by molar-refractivity contribution is 7.80. The third-order valence-corrected chi connectivity index (χ3v) is 3.67. The van der Waals surface area contributed by atoms with Gasteiger partial charge in [-0.3, -0.25) is 9.69 Å². The van der Waals surface area contributed by atoms with Crippen LogP contribution in [0.1, 0.15) is 6.92 Å². The zero-order valence-corrected chi connectivity index (χ0v) is 11.6. The number of likely N-dealkylation sites (N-methyl/N-ethyl adjacent to an activating group) is 2. The molecule has 98 valence electrons. The Morgan fingerprint density at radius 1 is 1.53 bits per heavy atom.